The smallest absolute Gasteiger partial charge is 0.230 e. The maximum atomic E-state index is 13.2. The average Bonchev–Trinajstić information content (AvgIpc) is 2.23. The minimum atomic E-state index is -0.683. The molecule has 1 aromatic carbocycles. The first-order valence-electron chi connectivity index (χ1n) is 6.07. The van der Waals surface area contributed by atoms with Gasteiger partial charge >= 0.3 is 0 Å². The van der Waals surface area contributed by atoms with E-state index in [0.717, 1.165) is 12.8 Å². The number of carbonyl (C=O) groups excluding carboxylic acids is 1. The van der Waals surface area contributed by atoms with E-state index >= 15 is 0 Å². The predicted molar refractivity (Wildman–Crippen MR) is 65.2 cm³/mol. The van der Waals surface area contributed by atoms with E-state index in [4.69, 9.17) is 0 Å². The largest absolute Gasteiger partial charge is 0.353 e. The van der Waals surface area contributed by atoms with Crippen molar-refractivity contribution in [1.29, 1.82) is 0 Å². The summed E-state index contributed by atoms with van der Waals surface area (Å²) in [6.07, 6.45) is 3.31. The van der Waals surface area contributed by atoms with Crippen molar-refractivity contribution in [2.75, 3.05) is 0 Å². The molecule has 2 nitrogen and oxygen atoms in total. The Bertz CT molecular complexity index is 424. The summed E-state index contributed by atoms with van der Waals surface area (Å²) in [5.41, 5.74) is 0.0341. The van der Waals surface area contributed by atoms with Crippen molar-refractivity contribution >= 4 is 5.91 Å². The van der Waals surface area contributed by atoms with Crippen LogP contribution in [0.5, 0.6) is 0 Å². The fourth-order valence-corrected chi connectivity index (χ4v) is 1.93. The highest BCUT2D eigenvalue weighted by Crippen LogP contribution is 2.26. The molecule has 1 N–H and O–H groups in total. The molecule has 0 heterocycles. The van der Waals surface area contributed by atoms with Gasteiger partial charge in [-0.3, -0.25) is 4.79 Å². The van der Waals surface area contributed by atoms with Crippen LogP contribution in [0.2, 0.25) is 0 Å². The van der Waals surface area contributed by atoms with E-state index < -0.39 is 5.41 Å². The van der Waals surface area contributed by atoms with E-state index in [-0.39, 0.29) is 11.7 Å². The van der Waals surface area contributed by atoms with Gasteiger partial charge in [-0.2, -0.15) is 0 Å². The van der Waals surface area contributed by atoms with Gasteiger partial charge in [-0.15, -0.1) is 0 Å². The zero-order chi connectivity index (χ0) is 12.5. The summed E-state index contributed by atoms with van der Waals surface area (Å²) < 4.78 is 13.2. The molecule has 0 radical (unpaired) electrons. The van der Waals surface area contributed by atoms with Gasteiger partial charge in [0.2, 0.25) is 5.91 Å². The van der Waals surface area contributed by atoms with Crippen LogP contribution in [0, 0.1) is 5.82 Å². The highest BCUT2D eigenvalue weighted by molar-refractivity contribution is 5.87. The standard InChI is InChI=1S/C14H18FNO/c1-14(2,10-5-3-6-11(15)9-10)13(17)16-12-7-4-8-12/h3,5-6,9,12H,4,7-8H2,1-2H3,(H,16,17). The van der Waals surface area contributed by atoms with Crippen LogP contribution in [0.1, 0.15) is 38.7 Å². The summed E-state index contributed by atoms with van der Waals surface area (Å²) in [5.74, 6) is -0.320. The van der Waals surface area contributed by atoms with Gasteiger partial charge in [0.05, 0.1) is 5.41 Å². The molecule has 2 rings (SSSR count). The van der Waals surface area contributed by atoms with Gasteiger partial charge in [-0.1, -0.05) is 12.1 Å². The maximum Gasteiger partial charge on any atom is 0.230 e. The van der Waals surface area contributed by atoms with Gasteiger partial charge in [0.25, 0.3) is 0 Å². The Labute approximate surface area is 101 Å². The molecule has 92 valence electrons. The topological polar surface area (TPSA) is 29.1 Å². The lowest BCUT2D eigenvalue weighted by Crippen LogP contribution is -2.47. The van der Waals surface area contributed by atoms with Crippen molar-refractivity contribution in [2.45, 2.75) is 44.6 Å². The number of amides is 1. The molecule has 1 amide bonds. The lowest BCUT2D eigenvalue weighted by atomic mass is 9.82. The summed E-state index contributed by atoms with van der Waals surface area (Å²) in [7, 11) is 0. The van der Waals surface area contributed by atoms with Crippen LogP contribution >= 0.6 is 0 Å². The van der Waals surface area contributed by atoms with E-state index in [1.54, 1.807) is 12.1 Å². The Morgan fingerprint density at radius 3 is 2.65 bits per heavy atom. The molecule has 0 aliphatic heterocycles. The molecule has 0 saturated heterocycles. The fourth-order valence-electron chi connectivity index (χ4n) is 1.93. The molecule has 1 aliphatic carbocycles. The highest BCUT2D eigenvalue weighted by atomic mass is 19.1. The second-order valence-electron chi connectivity index (χ2n) is 5.24. The van der Waals surface area contributed by atoms with Crippen molar-refractivity contribution in [3.8, 4) is 0 Å². The lowest BCUT2D eigenvalue weighted by molar-refractivity contribution is -0.126. The molecular formula is C14H18FNO. The third-order valence-electron chi connectivity index (χ3n) is 3.55. The summed E-state index contributed by atoms with van der Waals surface area (Å²) in [6.45, 7) is 3.66. The molecule has 0 atom stereocenters. The average molecular weight is 235 g/mol. The normalized spacial score (nSPS) is 16.4. The fraction of sp³-hybridized carbons (Fsp3) is 0.500. The quantitative estimate of drug-likeness (QED) is 0.857. The lowest BCUT2D eigenvalue weighted by Gasteiger charge is -2.32. The Morgan fingerprint density at radius 2 is 2.12 bits per heavy atom. The van der Waals surface area contributed by atoms with Crippen LogP contribution in [0.15, 0.2) is 24.3 Å². The molecule has 0 spiro atoms. The van der Waals surface area contributed by atoms with Crippen LogP contribution in [-0.4, -0.2) is 11.9 Å². The summed E-state index contributed by atoms with van der Waals surface area (Å²) >= 11 is 0. The van der Waals surface area contributed by atoms with Crippen molar-refractivity contribution in [3.05, 3.63) is 35.6 Å². The Kier molecular flexibility index (Phi) is 3.18. The first-order chi connectivity index (χ1) is 8.00. The first-order valence-corrected chi connectivity index (χ1v) is 6.07. The van der Waals surface area contributed by atoms with Crippen LogP contribution < -0.4 is 5.32 Å². The van der Waals surface area contributed by atoms with Crippen molar-refractivity contribution in [2.24, 2.45) is 0 Å². The van der Waals surface area contributed by atoms with E-state index in [1.807, 2.05) is 13.8 Å². The highest BCUT2D eigenvalue weighted by Gasteiger charge is 2.32. The molecule has 0 unspecified atom stereocenters. The van der Waals surface area contributed by atoms with Crippen molar-refractivity contribution in [1.82, 2.24) is 5.32 Å². The second kappa shape index (κ2) is 4.47. The van der Waals surface area contributed by atoms with Crippen LogP contribution in [-0.2, 0) is 10.2 Å². The SMILES string of the molecule is CC(C)(C(=O)NC1CCC1)c1cccc(F)c1. The van der Waals surface area contributed by atoms with Crippen LogP contribution in [0.25, 0.3) is 0 Å². The van der Waals surface area contributed by atoms with Crippen molar-refractivity contribution < 1.29 is 9.18 Å². The Balaban J connectivity index is 2.13. The van der Waals surface area contributed by atoms with E-state index in [1.165, 1.54) is 18.6 Å². The Morgan fingerprint density at radius 1 is 1.41 bits per heavy atom. The zero-order valence-electron chi connectivity index (χ0n) is 10.3. The third-order valence-corrected chi connectivity index (χ3v) is 3.55. The zero-order valence-corrected chi connectivity index (χ0v) is 10.3. The molecule has 1 saturated carbocycles. The third kappa shape index (κ3) is 2.48. The predicted octanol–water partition coefficient (Wildman–Crippen LogP) is 2.77. The van der Waals surface area contributed by atoms with E-state index in [9.17, 15) is 9.18 Å². The van der Waals surface area contributed by atoms with Gasteiger partial charge < -0.3 is 5.32 Å². The molecule has 1 fully saturated rings. The first kappa shape index (κ1) is 12.1. The maximum absolute atomic E-state index is 13.2. The monoisotopic (exact) mass is 235 g/mol. The van der Waals surface area contributed by atoms with Crippen molar-refractivity contribution in [3.63, 3.8) is 0 Å². The number of hydrogen-bond donors (Lipinski definition) is 1. The molecule has 0 aromatic heterocycles. The number of benzene rings is 1. The molecule has 0 bridgehead atoms. The van der Waals surface area contributed by atoms with Gasteiger partial charge in [0, 0.05) is 6.04 Å². The van der Waals surface area contributed by atoms with E-state index in [2.05, 4.69) is 5.32 Å². The summed E-state index contributed by atoms with van der Waals surface area (Å²) in [5, 5.41) is 3.01. The molecule has 17 heavy (non-hydrogen) atoms. The number of halogens is 1. The minimum absolute atomic E-state index is 0.0206. The van der Waals surface area contributed by atoms with Gasteiger partial charge in [-0.05, 0) is 50.8 Å². The van der Waals surface area contributed by atoms with Gasteiger partial charge in [0.1, 0.15) is 5.82 Å². The number of hydrogen-bond acceptors (Lipinski definition) is 1. The summed E-state index contributed by atoms with van der Waals surface area (Å²) in [4.78, 5) is 12.1. The van der Waals surface area contributed by atoms with E-state index in [0.29, 0.717) is 11.6 Å². The van der Waals surface area contributed by atoms with Crippen LogP contribution in [0.4, 0.5) is 4.39 Å². The van der Waals surface area contributed by atoms with Gasteiger partial charge in [-0.25, -0.2) is 4.39 Å². The molecule has 3 heteroatoms. The number of rotatable bonds is 3. The minimum Gasteiger partial charge on any atom is -0.353 e. The second-order valence-corrected chi connectivity index (χ2v) is 5.24. The number of carbonyl (C=O) groups is 1. The van der Waals surface area contributed by atoms with Crippen LogP contribution in [0.3, 0.4) is 0 Å². The summed E-state index contributed by atoms with van der Waals surface area (Å²) in [6, 6.07) is 6.58. The Hall–Kier alpha value is -1.38. The molecular weight excluding hydrogens is 217 g/mol. The molecule has 1 aliphatic rings. The molecule has 1 aromatic rings. The van der Waals surface area contributed by atoms with Gasteiger partial charge in [0.15, 0.2) is 0 Å². The number of nitrogens with one attached hydrogen (secondary N) is 1.